The van der Waals surface area contributed by atoms with Gasteiger partial charge in [-0.3, -0.25) is 4.79 Å². The number of anilines is 2. The van der Waals surface area contributed by atoms with E-state index in [9.17, 15) is 4.79 Å². The summed E-state index contributed by atoms with van der Waals surface area (Å²) in [6, 6.07) is 16.6. The third-order valence-corrected chi connectivity index (χ3v) is 3.07. The highest BCUT2D eigenvalue weighted by molar-refractivity contribution is 6.32. The average Bonchev–Trinajstić information content (AvgIpc) is 2.42. The molecule has 19 heavy (non-hydrogen) atoms. The molecule has 98 valence electrons. The Morgan fingerprint density at radius 1 is 1.11 bits per heavy atom. The van der Waals surface area contributed by atoms with Crippen LogP contribution in [0, 0.1) is 0 Å². The van der Waals surface area contributed by atoms with Crippen LogP contribution in [0.25, 0.3) is 0 Å². The molecule has 1 unspecified atom stereocenters. The van der Waals surface area contributed by atoms with Gasteiger partial charge in [-0.05, 0) is 36.2 Å². The number of rotatable bonds is 4. The second-order valence-corrected chi connectivity index (χ2v) is 4.80. The number of benzene rings is 2. The van der Waals surface area contributed by atoms with Crippen LogP contribution in [-0.2, 0) is 11.2 Å². The Balaban J connectivity index is 1.94. The van der Waals surface area contributed by atoms with Crippen molar-refractivity contribution >= 4 is 28.9 Å². The molecular formula is C15H15ClN2O. The molecule has 1 amide bonds. The van der Waals surface area contributed by atoms with Gasteiger partial charge in [-0.2, -0.15) is 0 Å². The second kappa shape index (κ2) is 6.25. The number of hydrogen-bond donors (Lipinski definition) is 2. The fraction of sp³-hybridized carbons (Fsp3) is 0.133. The van der Waals surface area contributed by atoms with Crippen molar-refractivity contribution in [3.63, 3.8) is 0 Å². The first kappa shape index (κ1) is 13.4. The number of hydrogen-bond acceptors (Lipinski definition) is 2. The highest BCUT2D eigenvalue weighted by Gasteiger charge is 2.15. The van der Waals surface area contributed by atoms with E-state index in [2.05, 4.69) is 5.32 Å². The predicted molar refractivity (Wildman–Crippen MR) is 79.3 cm³/mol. The largest absolute Gasteiger partial charge is 0.399 e. The summed E-state index contributed by atoms with van der Waals surface area (Å²) in [5, 5.41) is 2.17. The van der Waals surface area contributed by atoms with Crippen molar-refractivity contribution in [2.24, 2.45) is 0 Å². The maximum Gasteiger partial charge on any atom is 0.242 e. The van der Waals surface area contributed by atoms with Gasteiger partial charge in [0.25, 0.3) is 0 Å². The first-order valence-corrected chi connectivity index (χ1v) is 6.43. The Hall–Kier alpha value is -2.00. The molecule has 1 atom stereocenters. The molecule has 0 aliphatic carbocycles. The summed E-state index contributed by atoms with van der Waals surface area (Å²) in [6.07, 6.45) is 0.473. The third kappa shape index (κ3) is 4.00. The van der Waals surface area contributed by atoms with E-state index in [-0.39, 0.29) is 5.91 Å². The van der Waals surface area contributed by atoms with Crippen molar-refractivity contribution in [2.75, 3.05) is 11.1 Å². The van der Waals surface area contributed by atoms with Crippen molar-refractivity contribution in [3.8, 4) is 0 Å². The van der Waals surface area contributed by atoms with E-state index in [1.807, 2.05) is 42.5 Å². The van der Waals surface area contributed by atoms with Gasteiger partial charge in [-0.25, -0.2) is 0 Å². The smallest absolute Gasteiger partial charge is 0.242 e. The Labute approximate surface area is 117 Å². The van der Waals surface area contributed by atoms with Crippen LogP contribution in [0.2, 0.25) is 0 Å². The van der Waals surface area contributed by atoms with E-state index in [1.54, 1.807) is 12.1 Å². The molecule has 0 bridgehead atoms. The lowest BCUT2D eigenvalue weighted by molar-refractivity contribution is -0.115. The zero-order valence-corrected chi connectivity index (χ0v) is 11.1. The molecule has 0 heterocycles. The number of nitrogen functional groups attached to an aromatic ring is 1. The van der Waals surface area contributed by atoms with E-state index in [0.717, 1.165) is 11.3 Å². The Bertz CT molecular complexity index is 540. The number of halogens is 1. The van der Waals surface area contributed by atoms with Gasteiger partial charge in [0.1, 0.15) is 5.38 Å². The highest BCUT2D eigenvalue weighted by atomic mass is 35.5. The van der Waals surface area contributed by atoms with E-state index >= 15 is 0 Å². The Morgan fingerprint density at radius 3 is 2.37 bits per heavy atom. The summed E-state index contributed by atoms with van der Waals surface area (Å²) in [6.45, 7) is 0. The molecule has 0 spiro atoms. The number of alkyl halides is 1. The summed E-state index contributed by atoms with van der Waals surface area (Å²) < 4.78 is 0. The van der Waals surface area contributed by atoms with Crippen molar-refractivity contribution in [3.05, 3.63) is 60.2 Å². The van der Waals surface area contributed by atoms with Crippen molar-refractivity contribution in [1.82, 2.24) is 0 Å². The standard InChI is InChI=1S/C15H15ClN2O/c16-14(10-11-6-8-12(17)9-7-11)15(19)18-13-4-2-1-3-5-13/h1-9,14H,10,17H2,(H,18,19). The van der Waals surface area contributed by atoms with E-state index in [4.69, 9.17) is 17.3 Å². The lowest BCUT2D eigenvalue weighted by Gasteiger charge is -2.10. The van der Waals surface area contributed by atoms with Crippen LogP contribution in [0.4, 0.5) is 11.4 Å². The Kier molecular flexibility index (Phi) is 4.42. The molecule has 0 saturated heterocycles. The summed E-state index contributed by atoms with van der Waals surface area (Å²) in [7, 11) is 0. The van der Waals surface area contributed by atoms with Gasteiger partial charge in [0.15, 0.2) is 0 Å². The molecule has 0 radical (unpaired) electrons. The number of nitrogens with two attached hydrogens (primary N) is 1. The van der Waals surface area contributed by atoms with E-state index < -0.39 is 5.38 Å². The van der Waals surface area contributed by atoms with Crippen LogP contribution in [0.3, 0.4) is 0 Å². The summed E-state index contributed by atoms with van der Waals surface area (Å²) >= 11 is 6.11. The maximum absolute atomic E-state index is 11.9. The Morgan fingerprint density at radius 2 is 1.74 bits per heavy atom. The summed E-state index contributed by atoms with van der Waals surface area (Å²) in [5.74, 6) is -0.204. The number of para-hydroxylation sites is 1. The van der Waals surface area contributed by atoms with Gasteiger partial charge < -0.3 is 11.1 Å². The molecule has 3 N–H and O–H groups in total. The van der Waals surface area contributed by atoms with Crippen LogP contribution in [-0.4, -0.2) is 11.3 Å². The monoisotopic (exact) mass is 274 g/mol. The molecule has 4 heteroatoms. The topological polar surface area (TPSA) is 55.1 Å². The zero-order chi connectivity index (χ0) is 13.7. The number of carbonyl (C=O) groups excluding carboxylic acids is 1. The molecule has 0 fully saturated rings. The number of nitrogens with one attached hydrogen (secondary N) is 1. The van der Waals surface area contributed by atoms with Gasteiger partial charge in [-0.1, -0.05) is 30.3 Å². The molecule has 2 aromatic rings. The second-order valence-electron chi connectivity index (χ2n) is 4.27. The fourth-order valence-corrected chi connectivity index (χ4v) is 1.93. The first-order valence-electron chi connectivity index (χ1n) is 5.99. The van der Waals surface area contributed by atoms with Gasteiger partial charge in [0.05, 0.1) is 0 Å². The molecular weight excluding hydrogens is 260 g/mol. The van der Waals surface area contributed by atoms with Crippen molar-refractivity contribution in [2.45, 2.75) is 11.8 Å². The predicted octanol–water partition coefficient (Wildman–Crippen LogP) is 3.06. The first-order chi connectivity index (χ1) is 9.15. The van der Waals surface area contributed by atoms with E-state index in [1.165, 1.54) is 0 Å². The maximum atomic E-state index is 11.9. The lowest BCUT2D eigenvalue weighted by atomic mass is 10.1. The van der Waals surface area contributed by atoms with Crippen molar-refractivity contribution in [1.29, 1.82) is 0 Å². The van der Waals surface area contributed by atoms with Crippen LogP contribution >= 0.6 is 11.6 Å². The van der Waals surface area contributed by atoms with Gasteiger partial charge in [0.2, 0.25) is 5.91 Å². The zero-order valence-electron chi connectivity index (χ0n) is 10.3. The van der Waals surface area contributed by atoms with E-state index in [0.29, 0.717) is 12.1 Å². The SMILES string of the molecule is Nc1ccc(CC(Cl)C(=O)Nc2ccccc2)cc1. The van der Waals surface area contributed by atoms with Crippen LogP contribution in [0.5, 0.6) is 0 Å². The molecule has 3 nitrogen and oxygen atoms in total. The summed E-state index contributed by atoms with van der Waals surface area (Å²) in [4.78, 5) is 11.9. The van der Waals surface area contributed by atoms with Gasteiger partial charge >= 0.3 is 0 Å². The fourth-order valence-electron chi connectivity index (χ4n) is 1.70. The highest BCUT2D eigenvalue weighted by Crippen LogP contribution is 2.13. The molecule has 2 aromatic carbocycles. The van der Waals surface area contributed by atoms with Crippen LogP contribution in [0.1, 0.15) is 5.56 Å². The van der Waals surface area contributed by atoms with Gasteiger partial charge in [0, 0.05) is 11.4 Å². The number of carbonyl (C=O) groups is 1. The lowest BCUT2D eigenvalue weighted by Crippen LogP contribution is -2.25. The minimum Gasteiger partial charge on any atom is -0.399 e. The number of amides is 1. The quantitative estimate of drug-likeness (QED) is 0.665. The van der Waals surface area contributed by atoms with Crippen LogP contribution in [0.15, 0.2) is 54.6 Å². The molecule has 0 saturated carbocycles. The third-order valence-electron chi connectivity index (χ3n) is 2.72. The van der Waals surface area contributed by atoms with Crippen LogP contribution < -0.4 is 11.1 Å². The molecule has 0 aromatic heterocycles. The normalized spacial score (nSPS) is 11.8. The molecule has 0 aliphatic rings. The minimum atomic E-state index is -0.608. The molecule has 2 rings (SSSR count). The molecule has 0 aliphatic heterocycles. The summed E-state index contributed by atoms with van der Waals surface area (Å²) in [5.41, 5.74) is 8.03. The minimum absolute atomic E-state index is 0.204. The van der Waals surface area contributed by atoms with Crippen molar-refractivity contribution < 1.29 is 4.79 Å². The average molecular weight is 275 g/mol. The van der Waals surface area contributed by atoms with Gasteiger partial charge in [-0.15, -0.1) is 11.6 Å².